The zero-order chi connectivity index (χ0) is 43.7. The van der Waals surface area contributed by atoms with Crippen LogP contribution in [0.25, 0.3) is 0 Å². The summed E-state index contributed by atoms with van der Waals surface area (Å²) in [5.41, 5.74) is 0. The van der Waals surface area contributed by atoms with Gasteiger partial charge in [0.2, 0.25) is 0 Å². The number of esters is 3. The Morgan fingerprint density at radius 1 is 0.333 bits per heavy atom. The van der Waals surface area contributed by atoms with Gasteiger partial charge in [0.1, 0.15) is 13.2 Å². The number of ether oxygens (including phenoxy) is 3. The molecule has 1 atom stereocenters. The first-order valence-corrected chi connectivity index (χ1v) is 26.3. The number of carbonyl (C=O) groups is 3. The minimum Gasteiger partial charge on any atom is -0.462 e. The van der Waals surface area contributed by atoms with E-state index in [-0.39, 0.29) is 31.1 Å². The number of hydrogen-bond acceptors (Lipinski definition) is 6. The molecule has 1 unspecified atom stereocenters. The molecule has 0 saturated carbocycles. The van der Waals surface area contributed by atoms with Crippen molar-refractivity contribution in [1.29, 1.82) is 0 Å². The van der Waals surface area contributed by atoms with Gasteiger partial charge in [-0.25, -0.2) is 0 Å². The first-order valence-electron chi connectivity index (χ1n) is 26.3. The van der Waals surface area contributed by atoms with Gasteiger partial charge in [-0.1, -0.05) is 238 Å². The number of carbonyl (C=O) groups excluding carboxylic acids is 3. The third-order valence-electron chi connectivity index (χ3n) is 11.7. The summed E-state index contributed by atoms with van der Waals surface area (Å²) in [5.74, 6) is -0.870. The molecular weight excluding hydrogens is 745 g/mol. The van der Waals surface area contributed by atoms with E-state index in [1.54, 1.807) is 0 Å². The molecule has 0 saturated heterocycles. The first-order chi connectivity index (χ1) is 29.5. The van der Waals surface area contributed by atoms with Gasteiger partial charge in [-0.2, -0.15) is 0 Å². The lowest BCUT2D eigenvalue weighted by atomic mass is 10.0. The van der Waals surface area contributed by atoms with Gasteiger partial charge in [-0.3, -0.25) is 14.4 Å². The minimum atomic E-state index is -0.761. The number of unbranched alkanes of at least 4 members (excludes halogenated alkanes) is 33. The predicted molar refractivity (Wildman–Crippen MR) is 256 cm³/mol. The van der Waals surface area contributed by atoms with Crippen molar-refractivity contribution < 1.29 is 28.6 Å². The summed E-state index contributed by atoms with van der Waals surface area (Å²) in [5, 5.41) is 0. The molecule has 60 heavy (non-hydrogen) atoms. The molecule has 0 aliphatic rings. The molecule has 0 aliphatic carbocycles. The van der Waals surface area contributed by atoms with Crippen LogP contribution in [0.15, 0.2) is 24.3 Å². The monoisotopic (exact) mass is 845 g/mol. The van der Waals surface area contributed by atoms with Crippen LogP contribution in [0.3, 0.4) is 0 Å². The Morgan fingerprint density at radius 2 is 0.600 bits per heavy atom. The fourth-order valence-electron chi connectivity index (χ4n) is 7.71. The summed E-state index contributed by atoms with van der Waals surface area (Å²) in [6.07, 6.45) is 56.4. The van der Waals surface area contributed by atoms with Crippen LogP contribution in [0.1, 0.15) is 284 Å². The van der Waals surface area contributed by atoms with Gasteiger partial charge in [-0.15, -0.1) is 0 Å². The van der Waals surface area contributed by atoms with Crippen molar-refractivity contribution in [2.75, 3.05) is 13.2 Å². The zero-order valence-electron chi connectivity index (χ0n) is 40.2. The smallest absolute Gasteiger partial charge is 0.306 e. The summed E-state index contributed by atoms with van der Waals surface area (Å²) >= 11 is 0. The fourth-order valence-corrected chi connectivity index (χ4v) is 7.71. The summed E-state index contributed by atoms with van der Waals surface area (Å²) in [4.78, 5) is 37.6. The minimum absolute atomic E-state index is 0.0672. The Labute approximate surface area is 373 Å². The van der Waals surface area contributed by atoms with Crippen molar-refractivity contribution in [3.8, 4) is 0 Å². The molecular formula is C54H100O6. The van der Waals surface area contributed by atoms with Crippen molar-refractivity contribution in [1.82, 2.24) is 0 Å². The summed E-state index contributed by atoms with van der Waals surface area (Å²) < 4.78 is 16.7. The van der Waals surface area contributed by atoms with Crippen LogP contribution in [0.4, 0.5) is 0 Å². The van der Waals surface area contributed by atoms with Crippen molar-refractivity contribution in [2.24, 2.45) is 0 Å². The molecule has 6 nitrogen and oxygen atoms in total. The normalized spacial score (nSPS) is 12.1. The van der Waals surface area contributed by atoms with Crippen LogP contribution in [-0.2, 0) is 28.6 Å². The van der Waals surface area contributed by atoms with Crippen LogP contribution in [0, 0.1) is 0 Å². The van der Waals surface area contributed by atoms with E-state index in [1.165, 1.54) is 180 Å². The third-order valence-corrected chi connectivity index (χ3v) is 11.7. The highest BCUT2D eigenvalue weighted by Crippen LogP contribution is 2.16. The standard InChI is InChI=1S/C54H100O6/c1-4-7-10-13-16-18-19-20-21-22-23-24-25-26-27-28-29-30-31-32-33-34-35-37-38-41-44-47-53(56)59-50-51(49-58-52(55)46-43-40-15-12-9-6-3)60-54(57)48-45-42-39-36-17-14-11-8-5-2/h19-20,22-23,51H,4-18,21,24-50H2,1-3H3/b20-19-,23-22-. The second-order valence-electron chi connectivity index (χ2n) is 17.8. The molecule has 0 rings (SSSR count). The lowest BCUT2D eigenvalue weighted by Gasteiger charge is -2.18. The van der Waals surface area contributed by atoms with Gasteiger partial charge in [0.05, 0.1) is 0 Å². The maximum atomic E-state index is 12.6. The average molecular weight is 845 g/mol. The van der Waals surface area contributed by atoms with Gasteiger partial charge in [-0.05, 0) is 51.4 Å². The molecule has 0 amide bonds. The van der Waals surface area contributed by atoms with E-state index in [9.17, 15) is 14.4 Å². The van der Waals surface area contributed by atoms with Crippen molar-refractivity contribution in [3.05, 3.63) is 24.3 Å². The summed E-state index contributed by atoms with van der Waals surface area (Å²) in [7, 11) is 0. The number of rotatable bonds is 48. The Balaban J connectivity index is 3.95. The third kappa shape index (κ3) is 46.9. The van der Waals surface area contributed by atoms with Crippen molar-refractivity contribution in [2.45, 2.75) is 290 Å². The maximum Gasteiger partial charge on any atom is 0.306 e. The van der Waals surface area contributed by atoms with E-state index in [0.29, 0.717) is 19.3 Å². The molecule has 0 heterocycles. The lowest BCUT2D eigenvalue weighted by Crippen LogP contribution is -2.30. The van der Waals surface area contributed by atoms with E-state index >= 15 is 0 Å². The fraction of sp³-hybridized carbons (Fsp3) is 0.870. The highest BCUT2D eigenvalue weighted by atomic mass is 16.6. The van der Waals surface area contributed by atoms with E-state index < -0.39 is 6.10 Å². The van der Waals surface area contributed by atoms with E-state index in [4.69, 9.17) is 14.2 Å². The summed E-state index contributed by atoms with van der Waals surface area (Å²) in [6.45, 7) is 6.57. The van der Waals surface area contributed by atoms with Crippen LogP contribution in [-0.4, -0.2) is 37.2 Å². The largest absolute Gasteiger partial charge is 0.462 e. The van der Waals surface area contributed by atoms with Crippen LogP contribution >= 0.6 is 0 Å². The SMILES string of the molecule is CCCCCCC/C=C\C/C=C\CCCCCCCCCCCCCCCCCC(=O)OCC(COC(=O)CCCCCCCC)OC(=O)CCCCCCCCCCC. The van der Waals surface area contributed by atoms with Crippen LogP contribution in [0.2, 0.25) is 0 Å². The summed E-state index contributed by atoms with van der Waals surface area (Å²) in [6, 6.07) is 0. The molecule has 0 aliphatic heterocycles. The van der Waals surface area contributed by atoms with Gasteiger partial charge in [0.25, 0.3) is 0 Å². The van der Waals surface area contributed by atoms with E-state index in [2.05, 4.69) is 45.1 Å². The second-order valence-corrected chi connectivity index (χ2v) is 17.8. The average Bonchev–Trinajstić information content (AvgIpc) is 3.24. The molecule has 0 spiro atoms. The predicted octanol–water partition coefficient (Wildman–Crippen LogP) is 17.2. The highest BCUT2D eigenvalue weighted by Gasteiger charge is 2.19. The molecule has 0 radical (unpaired) electrons. The molecule has 0 N–H and O–H groups in total. The van der Waals surface area contributed by atoms with Crippen molar-refractivity contribution >= 4 is 17.9 Å². The highest BCUT2D eigenvalue weighted by molar-refractivity contribution is 5.71. The quantitative estimate of drug-likeness (QED) is 0.0263. The van der Waals surface area contributed by atoms with Gasteiger partial charge in [0, 0.05) is 19.3 Å². The van der Waals surface area contributed by atoms with E-state index in [1.807, 2.05) is 0 Å². The van der Waals surface area contributed by atoms with Crippen LogP contribution in [0.5, 0.6) is 0 Å². The maximum absolute atomic E-state index is 12.6. The number of allylic oxidation sites excluding steroid dienone is 4. The van der Waals surface area contributed by atoms with Gasteiger partial charge in [0.15, 0.2) is 6.10 Å². The molecule has 352 valence electrons. The Morgan fingerprint density at radius 3 is 0.917 bits per heavy atom. The zero-order valence-corrected chi connectivity index (χ0v) is 40.2. The molecule has 0 aromatic heterocycles. The van der Waals surface area contributed by atoms with Gasteiger partial charge >= 0.3 is 17.9 Å². The van der Waals surface area contributed by atoms with Crippen LogP contribution < -0.4 is 0 Å². The van der Waals surface area contributed by atoms with Crippen molar-refractivity contribution in [3.63, 3.8) is 0 Å². The molecule has 0 bridgehead atoms. The number of hydrogen-bond donors (Lipinski definition) is 0. The van der Waals surface area contributed by atoms with E-state index in [0.717, 1.165) is 64.2 Å². The Hall–Kier alpha value is -2.11. The molecule has 6 heteroatoms. The molecule has 0 fully saturated rings. The van der Waals surface area contributed by atoms with Gasteiger partial charge < -0.3 is 14.2 Å². The molecule has 0 aromatic carbocycles. The second kappa shape index (κ2) is 49.5. The molecule has 0 aromatic rings. The Bertz CT molecular complexity index is 973. The first kappa shape index (κ1) is 57.9. The Kier molecular flexibility index (Phi) is 47.8. The topological polar surface area (TPSA) is 78.9 Å². The lowest BCUT2D eigenvalue weighted by molar-refractivity contribution is -0.167.